The highest BCUT2D eigenvalue weighted by atomic mass is 15.5. The standard InChI is InChI=1S/C24H35N3.C4H8/c1-6-10-18-26-20(5)27(19-11-7-2)25-24(21(14-8-3)15-9-4)22-16-12-13-17-23(22)26;1-3-4-2/h6-7,10-13,16-17,21H,5,8-9,14-15,18-19H2,1-4H3;3H,1,4H2,2H3/b10-6-,11-7+;. The summed E-state index contributed by atoms with van der Waals surface area (Å²) in [6.45, 7) is 20.1. The largest absolute Gasteiger partial charge is 0.323 e. The number of rotatable bonds is 10. The fourth-order valence-corrected chi connectivity index (χ4v) is 3.63. The Bertz CT molecular complexity index is 751. The van der Waals surface area contributed by atoms with Crippen LogP contribution in [0.3, 0.4) is 0 Å². The van der Waals surface area contributed by atoms with Crippen LogP contribution >= 0.6 is 0 Å². The first-order valence-electron chi connectivity index (χ1n) is 11.8. The molecule has 1 aromatic rings. The highest BCUT2D eigenvalue weighted by Crippen LogP contribution is 2.33. The SMILES string of the molecule is C=C1N(C/C=C/C)N=C(C(CCC)CCC)c2ccccc2N1C/C=C\C.C=CCC. The molecule has 0 bridgehead atoms. The first-order chi connectivity index (χ1) is 15.1. The first-order valence-corrected chi connectivity index (χ1v) is 11.8. The molecule has 0 aromatic heterocycles. The summed E-state index contributed by atoms with van der Waals surface area (Å²) in [5.41, 5.74) is 3.67. The molecule has 0 aliphatic carbocycles. The van der Waals surface area contributed by atoms with Crippen LogP contribution in [0.4, 0.5) is 5.69 Å². The van der Waals surface area contributed by atoms with Gasteiger partial charge >= 0.3 is 0 Å². The van der Waals surface area contributed by atoms with Gasteiger partial charge in [-0.25, -0.2) is 5.01 Å². The first kappa shape index (κ1) is 26.5. The Morgan fingerprint density at radius 1 is 0.968 bits per heavy atom. The summed E-state index contributed by atoms with van der Waals surface area (Å²) < 4.78 is 0. The lowest BCUT2D eigenvalue weighted by molar-refractivity contribution is 0.390. The fourth-order valence-electron chi connectivity index (χ4n) is 3.63. The number of hydrazone groups is 1. The maximum atomic E-state index is 5.16. The molecule has 0 N–H and O–H groups in total. The van der Waals surface area contributed by atoms with Crippen molar-refractivity contribution in [2.24, 2.45) is 11.0 Å². The Labute approximate surface area is 191 Å². The van der Waals surface area contributed by atoms with E-state index >= 15 is 0 Å². The van der Waals surface area contributed by atoms with Crippen LogP contribution in [0.2, 0.25) is 0 Å². The smallest absolute Gasteiger partial charge is 0.123 e. The van der Waals surface area contributed by atoms with Gasteiger partial charge in [-0.15, -0.1) is 6.58 Å². The Balaban J connectivity index is 0.00000110. The number of hydrogen-bond donors (Lipinski definition) is 0. The molecule has 2 rings (SSSR count). The van der Waals surface area contributed by atoms with Gasteiger partial charge in [0.05, 0.1) is 17.9 Å². The molecular formula is C28H43N3. The van der Waals surface area contributed by atoms with Crippen LogP contribution in [-0.2, 0) is 0 Å². The molecule has 31 heavy (non-hydrogen) atoms. The summed E-state index contributed by atoms with van der Waals surface area (Å²) in [4.78, 5) is 2.28. The molecule has 3 nitrogen and oxygen atoms in total. The van der Waals surface area contributed by atoms with Gasteiger partial charge in [-0.1, -0.05) is 88.8 Å². The fraction of sp³-hybridized carbons (Fsp3) is 0.464. The van der Waals surface area contributed by atoms with Crippen molar-refractivity contribution in [2.75, 3.05) is 18.0 Å². The molecule has 0 amide bonds. The van der Waals surface area contributed by atoms with Gasteiger partial charge in [-0.3, -0.25) is 0 Å². The molecule has 1 aliphatic heterocycles. The lowest BCUT2D eigenvalue weighted by Crippen LogP contribution is -2.31. The van der Waals surface area contributed by atoms with E-state index in [0.29, 0.717) is 5.92 Å². The van der Waals surface area contributed by atoms with Crippen molar-refractivity contribution in [3.63, 3.8) is 0 Å². The van der Waals surface area contributed by atoms with E-state index in [2.05, 4.69) is 106 Å². The highest BCUT2D eigenvalue weighted by molar-refractivity contribution is 6.07. The van der Waals surface area contributed by atoms with Gasteiger partial charge in [0.2, 0.25) is 0 Å². The van der Waals surface area contributed by atoms with Crippen LogP contribution in [0.5, 0.6) is 0 Å². The van der Waals surface area contributed by atoms with E-state index in [1.165, 1.54) is 42.6 Å². The van der Waals surface area contributed by atoms with Crippen LogP contribution in [0.1, 0.15) is 72.3 Å². The second-order valence-electron chi connectivity index (χ2n) is 7.72. The van der Waals surface area contributed by atoms with Gasteiger partial charge in [-0.2, -0.15) is 5.10 Å². The molecule has 1 heterocycles. The van der Waals surface area contributed by atoms with E-state index in [0.717, 1.165) is 25.3 Å². The minimum atomic E-state index is 0.476. The molecule has 0 unspecified atom stereocenters. The summed E-state index contributed by atoms with van der Waals surface area (Å²) in [7, 11) is 0. The van der Waals surface area contributed by atoms with Crippen molar-refractivity contribution in [1.29, 1.82) is 0 Å². The summed E-state index contributed by atoms with van der Waals surface area (Å²) in [6.07, 6.45) is 16.1. The number of allylic oxidation sites excluding steroid dienone is 3. The Morgan fingerprint density at radius 2 is 1.55 bits per heavy atom. The van der Waals surface area contributed by atoms with Crippen LogP contribution in [0.15, 0.2) is 78.7 Å². The second kappa shape index (κ2) is 15.3. The molecule has 1 aromatic carbocycles. The van der Waals surface area contributed by atoms with E-state index in [9.17, 15) is 0 Å². The maximum Gasteiger partial charge on any atom is 0.123 e. The number of para-hydroxylation sites is 1. The minimum Gasteiger partial charge on any atom is -0.323 e. The molecule has 0 atom stereocenters. The van der Waals surface area contributed by atoms with Crippen molar-refractivity contribution in [3.05, 3.63) is 79.2 Å². The van der Waals surface area contributed by atoms with Gasteiger partial charge in [0.1, 0.15) is 5.82 Å². The summed E-state index contributed by atoms with van der Waals surface area (Å²) in [5, 5.41) is 7.23. The predicted molar refractivity (Wildman–Crippen MR) is 140 cm³/mol. The lowest BCUT2D eigenvalue weighted by Gasteiger charge is -2.29. The van der Waals surface area contributed by atoms with Crippen LogP contribution in [-0.4, -0.2) is 23.8 Å². The van der Waals surface area contributed by atoms with Crippen molar-refractivity contribution >= 4 is 11.4 Å². The van der Waals surface area contributed by atoms with E-state index < -0.39 is 0 Å². The zero-order valence-electron chi connectivity index (χ0n) is 20.5. The monoisotopic (exact) mass is 421 g/mol. The Morgan fingerprint density at radius 3 is 2.10 bits per heavy atom. The van der Waals surface area contributed by atoms with Gasteiger partial charge in [0, 0.05) is 18.0 Å². The van der Waals surface area contributed by atoms with Crippen LogP contribution in [0.25, 0.3) is 0 Å². The quantitative estimate of drug-likeness (QED) is 0.357. The number of fused-ring (bicyclic) bond motifs is 1. The Kier molecular flexibility index (Phi) is 13.1. The number of hydrogen-bond acceptors (Lipinski definition) is 3. The van der Waals surface area contributed by atoms with Gasteiger partial charge in [0.15, 0.2) is 0 Å². The van der Waals surface area contributed by atoms with Crippen molar-refractivity contribution in [1.82, 2.24) is 5.01 Å². The number of benzene rings is 1. The zero-order chi connectivity index (χ0) is 23.1. The third kappa shape index (κ3) is 7.90. The normalized spacial score (nSPS) is 13.9. The average molecular weight is 422 g/mol. The van der Waals surface area contributed by atoms with Gasteiger partial charge < -0.3 is 4.90 Å². The van der Waals surface area contributed by atoms with Crippen LogP contribution < -0.4 is 4.90 Å². The van der Waals surface area contributed by atoms with Gasteiger partial charge in [-0.05, 0) is 39.2 Å². The van der Waals surface area contributed by atoms with Crippen LogP contribution in [0, 0.1) is 5.92 Å². The zero-order valence-corrected chi connectivity index (χ0v) is 20.5. The summed E-state index contributed by atoms with van der Waals surface area (Å²) in [5.74, 6) is 1.41. The second-order valence-corrected chi connectivity index (χ2v) is 7.72. The topological polar surface area (TPSA) is 18.8 Å². The minimum absolute atomic E-state index is 0.476. The van der Waals surface area contributed by atoms with E-state index in [1.807, 2.05) is 6.08 Å². The molecule has 0 radical (unpaired) electrons. The van der Waals surface area contributed by atoms with E-state index in [-0.39, 0.29) is 0 Å². The number of anilines is 1. The molecule has 0 saturated heterocycles. The molecular weight excluding hydrogens is 378 g/mol. The third-order valence-corrected chi connectivity index (χ3v) is 5.30. The lowest BCUT2D eigenvalue weighted by atomic mass is 9.88. The number of nitrogens with zero attached hydrogens (tertiary/aromatic N) is 3. The van der Waals surface area contributed by atoms with Crippen molar-refractivity contribution in [3.8, 4) is 0 Å². The highest BCUT2D eigenvalue weighted by Gasteiger charge is 2.28. The summed E-state index contributed by atoms with van der Waals surface area (Å²) >= 11 is 0. The average Bonchev–Trinajstić information content (AvgIpc) is 2.91. The van der Waals surface area contributed by atoms with Crippen molar-refractivity contribution in [2.45, 2.75) is 66.7 Å². The molecule has 0 fully saturated rings. The van der Waals surface area contributed by atoms with Gasteiger partial charge in [0.25, 0.3) is 0 Å². The molecule has 170 valence electrons. The Hall–Kier alpha value is -2.55. The molecule has 3 heteroatoms. The third-order valence-electron chi connectivity index (χ3n) is 5.30. The predicted octanol–water partition coefficient (Wildman–Crippen LogP) is 7.93. The van der Waals surface area contributed by atoms with E-state index in [4.69, 9.17) is 5.10 Å². The molecule has 0 spiro atoms. The van der Waals surface area contributed by atoms with Crippen molar-refractivity contribution < 1.29 is 0 Å². The van der Waals surface area contributed by atoms with E-state index in [1.54, 1.807) is 0 Å². The summed E-state index contributed by atoms with van der Waals surface area (Å²) in [6, 6.07) is 8.67. The maximum absolute atomic E-state index is 5.16. The molecule has 1 aliphatic rings. The molecule has 0 saturated carbocycles.